The molecule has 0 fully saturated rings. The maximum Gasteiger partial charge on any atom is 0.408 e. The predicted octanol–water partition coefficient (Wildman–Crippen LogP) is 3.28. The normalized spacial score (nSPS) is 12.6. The number of hydrogen-bond donors (Lipinski definition) is 1. The molecular formula is C16H23NO3. The lowest BCUT2D eigenvalue weighted by atomic mass is 10.2. The quantitative estimate of drug-likeness (QED) is 0.812. The lowest BCUT2D eigenvalue weighted by Crippen LogP contribution is -2.39. The van der Waals surface area contributed by atoms with Gasteiger partial charge in [0.25, 0.3) is 0 Å². The zero-order chi connectivity index (χ0) is 15.0. The smallest absolute Gasteiger partial charge is 0.408 e. The third kappa shape index (κ3) is 6.95. The lowest BCUT2D eigenvalue weighted by Gasteiger charge is -2.23. The van der Waals surface area contributed by atoms with Gasteiger partial charge >= 0.3 is 6.09 Å². The number of carbonyl (C=O) groups excluding carboxylic acids is 1. The summed E-state index contributed by atoms with van der Waals surface area (Å²) in [5, 5.41) is 2.71. The van der Waals surface area contributed by atoms with Gasteiger partial charge in [0.1, 0.15) is 6.61 Å². The number of amides is 1. The van der Waals surface area contributed by atoms with Gasteiger partial charge in [-0.2, -0.15) is 0 Å². The molecule has 0 radical (unpaired) electrons. The standard InChI is InChI=1S/C16H23NO3/c1-5-14(12-20-16(2,3)4)17-15(18)19-11-13-9-7-6-8-10-13/h5-10,14H,1,11-12H2,2-4H3,(H,17,18)/t14-/m0/s1. The van der Waals surface area contributed by atoms with Crippen LogP contribution in [0, 0.1) is 0 Å². The first-order chi connectivity index (χ1) is 9.40. The first-order valence-corrected chi connectivity index (χ1v) is 6.64. The van der Waals surface area contributed by atoms with Crippen molar-refractivity contribution in [2.45, 2.75) is 39.0 Å². The van der Waals surface area contributed by atoms with Crippen LogP contribution in [0.5, 0.6) is 0 Å². The first-order valence-electron chi connectivity index (χ1n) is 6.64. The average Bonchev–Trinajstić information content (AvgIpc) is 2.41. The lowest BCUT2D eigenvalue weighted by molar-refractivity contribution is -0.00914. The van der Waals surface area contributed by atoms with E-state index < -0.39 is 6.09 Å². The van der Waals surface area contributed by atoms with Crippen molar-refractivity contribution in [3.63, 3.8) is 0 Å². The number of hydrogen-bond acceptors (Lipinski definition) is 3. The molecule has 4 heteroatoms. The van der Waals surface area contributed by atoms with Gasteiger partial charge in [0.2, 0.25) is 0 Å². The molecule has 20 heavy (non-hydrogen) atoms. The molecule has 0 bridgehead atoms. The van der Waals surface area contributed by atoms with Gasteiger partial charge in [-0.1, -0.05) is 36.4 Å². The Morgan fingerprint density at radius 1 is 1.35 bits per heavy atom. The summed E-state index contributed by atoms with van der Waals surface area (Å²) in [7, 11) is 0. The molecule has 0 saturated carbocycles. The Hall–Kier alpha value is -1.81. The zero-order valence-electron chi connectivity index (χ0n) is 12.4. The summed E-state index contributed by atoms with van der Waals surface area (Å²) in [6, 6.07) is 9.27. The Balaban J connectivity index is 2.34. The first kappa shape index (κ1) is 16.2. The van der Waals surface area contributed by atoms with Crippen LogP contribution in [0.15, 0.2) is 43.0 Å². The second kappa shape index (κ2) is 7.70. The molecule has 1 aromatic carbocycles. The van der Waals surface area contributed by atoms with Gasteiger partial charge < -0.3 is 14.8 Å². The van der Waals surface area contributed by atoms with Crippen LogP contribution in [0.25, 0.3) is 0 Å². The minimum absolute atomic E-state index is 0.247. The van der Waals surface area contributed by atoms with E-state index in [0.29, 0.717) is 6.61 Å². The third-order valence-corrected chi connectivity index (χ3v) is 2.50. The molecule has 0 unspecified atom stereocenters. The SMILES string of the molecule is C=C[C@@H](COC(C)(C)C)NC(=O)OCc1ccccc1. The topological polar surface area (TPSA) is 47.6 Å². The Kier molecular flexibility index (Phi) is 6.25. The second-order valence-corrected chi connectivity index (χ2v) is 5.47. The largest absolute Gasteiger partial charge is 0.445 e. The molecule has 4 nitrogen and oxygen atoms in total. The highest BCUT2D eigenvalue weighted by Gasteiger charge is 2.15. The highest BCUT2D eigenvalue weighted by Crippen LogP contribution is 2.07. The van der Waals surface area contributed by atoms with E-state index in [9.17, 15) is 4.79 Å². The Labute approximate surface area is 120 Å². The van der Waals surface area contributed by atoms with Crippen LogP contribution in [0.2, 0.25) is 0 Å². The summed E-state index contributed by atoms with van der Waals surface area (Å²) in [5.41, 5.74) is 0.695. The molecular weight excluding hydrogens is 254 g/mol. The van der Waals surface area contributed by atoms with Crippen molar-refractivity contribution in [3.05, 3.63) is 48.6 Å². The summed E-state index contributed by atoms with van der Waals surface area (Å²) >= 11 is 0. The Morgan fingerprint density at radius 3 is 2.55 bits per heavy atom. The van der Waals surface area contributed by atoms with Crippen LogP contribution in [0.1, 0.15) is 26.3 Å². The summed E-state index contributed by atoms with van der Waals surface area (Å²) in [6.45, 7) is 10.2. The van der Waals surface area contributed by atoms with E-state index in [4.69, 9.17) is 9.47 Å². The summed E-state index contributed by atoms with van der Waals surface area (Å²) in [5.74, 6) is 0. The number of nitrogens with one attached hydrogen (secondary N) is 1. The van der Waals surface area contributed by atoms with E-state index in [0.717, 1.165) is 5.56 Å². The minimum Gasteiger partial charge on any atom is -0.445 e. The van der Waals surface area contributed by atoms with Crippen molar-refractivity contribution < 1.29 is 14.3 Å². The van der Waals surface area contributed by atoms with Crippen LogP contribution in [0.3, 0.4) is 0 Å². The van der Waals surface area contributed by atoms with Crippen LogP contribution < -0.4 is 5.32 Å². The Morgan fingerprint density at radius 2 is 2.00 bits per heavy atom. The van der Waals surface area contributed by atoms with Gasteiger partial charge in [-0.3, -0.25) is 0 Å². The molecule has 0 aromatic heterocycles. The maximum atomic E-state index is 11.7. The summed E-state index contributed by atoms with van der Waals surface area (Å²) in [4.78, 5) is 11.7. The van der Waals surface area contributed by atoms with Gasteiger partial charge in [-0.25, -0.2) is 4.79 Å². The molecule has 1 amide bonds. The van der Waals surface area contributed by atoms with Crippen molar-refractivity contribution in [3.8, 4) is 0 Å². The van der Waals surface area contributed by atoms with Gasteiger partial charge in [-0.15, -0.1) is 6.58 Å². The molecule has 0 aliphatic heterocycles. The van der Waals surface area contributed by atoms with Crippen molar-refractivity contribution in [1.82, 2.24) is 5.32 Å². The molecule has 1 N–H and O–H groups in total. The predicted molar refractivity (Wildman–Crippen MR) is 79.5 cm³/mol. The van der Waals surface area contributed by atoms with Gasteiger partial charge in [0, 0.05) is 0 Å². The van der Waals surface area contributed by atoms with Crippen LogP contribution in [-0.4, -0.2) is 24.3 Å². The van der Waals surface area contributed by atoms with Gasteiger partial charge in [-0.05, 0) is 26.3 Å². The fourth-order valence-corrected chi connectivity index (χ4v) is 1.42. The molecule has 0 spiro atoms. The third-order valence-electron chi connectivity index (χ3n) is 2.50. The number of benzene rings is 1. The van der Waals surface area contributed by atoms with Crippen LogP contribution in [-0.2, 0) is 16.1 Å². The molecule has 110 valence electrons. The van der Waals surface area contributed by atoms with Crippen molar-refractivity contribution in [2.75, 3.05) is 6.61 Å². The van der Waals surface area contributed by atoms with Crippen molar-refractivity contribution in [1.29, 1.82) is 0 Å². The molecule has 0 aliphatic carbocycles. The zero-order valence-corrected chi connectivity index (χ0v) is 12.4. The molecule has 0 heterocycles. The van der Waals surface area contributed by atoms with E-state index in [1.807, 2.05) is 51.1 Å². The molecule has 0 saturated heterocycles. The van der Waals surface area contributed by atoms with Gasteiger partial charge in [0.05, 0.1) is 18.2 Å². The van der Waals surface area contributed by atoms with Gasteiger partial charge in [0.15, 0.2) is 0 Å². The Bertz CT molecular complexity index is 423. The van der Waals surface area contributed by atoms with Crippen LogP contribution >= 0.6 is 0 Å². The van der Waals surface area contributed by atoms with E-state index >= 15 is 0 Å². The number of carbonyl (C=O) groups is 1. The highest BCUT2D eigenvalue weighted by atomic mass is 16.5. The minimum atomic E-state index is -0.476. The van der Waals surface area contributed by atoms with Crippen LogP contribution in [0.4, 0.5) is 4.79 Å². The van der Waals surface area contributed by atoms with Crippen molar-refractivity contribution >= 4 is 6.09 Å². The van der Waals surface area contributed by atoms with E-state index in [1.165, 1.54) is 0 Å². The summed E-state index contributed by atoms with van der Waals surface area (Å²) in [6.07, 6.45) is 1.16. The molecule has 1 atom stereocenters. The summed E-state index contributed by atoms with van der Waals surface area (Å²) < 4.78 is 10.7. The number of ether oxygens (including phenoxy) is 2. The fourth-order valence-electron chi connectivity index (χ4n) is 1.42. The highest BCUT2D eigenvalue weighted by molar-refractivity contribution is 5.67. The van der Waals surface area contributed by atoms with E-state index in [-0.39, 0.29) is 18.2 Å². The molecule has 0 aliphatic rings. The average molecular weight is 277 g/mol. The monoisotopic (exact) mass is 277 g/mol. The maximum absolute atomic E-state index is 11.7. The number of rotatable bonds is 6. The van der Waals surface area contributed by atoms with E-state index in [1.54, 1.807) is 6.08 Å². The molecule has 1 rings (SSSR count). The molecule has 1 aromatic rings. The number of alkyl carbamates (subject to hydrolysis) is 1. The van der Waals surface area contributed by atoms with Crippen molar-refractivity contribution in [2.24, 2.45) is 0 Å². The van der Waals surface area contributed by atoms with E-state index in [2.05, 4.69) is 11.9 Å². The fraction of sp³-hybridized carbons (Fsp3) is 0.438. The second-order valence-electron chi connectivity index (χ2n) is 5.47.